The molecule has 0 aliphatic heterocycles. The van der Waals surface area contributed by atoms with E-state index in [9.17, 15) is 18.5 Å². The fraction of sp³-hybridized carbons (Fsp3) is 0.105. The van der Waals surface area contributed by atoms with Crippen LogP contribution in [0, 0.1) is 10.7 Å². The number of hydrogen-bond acceptors (Lipinski definition) is 6. The number of benzene rings is 3. The Bertz CT molecular complexity index is 1090. The van der Waals surface area contributed by atoms with Gasteiger partial charge in [0.25, 0.3) is 0 Å². The Balaban J connectivity index is 2.16. The first-order valence-electron chi connectivity index (χ1n) is 8.32. The first kappa shape index (κ1) is 20.4. The van der Waals surface area contributed by atoms with E-state index in [0.717, 1.165) is 5.56 Å². The Labute approximate surface area is 167 Å². The maximum atomic E-state index is 15.3. The minimum Gasteiger partial charge on any atom is -0.755 e. The summed E-state index contributed by atoms with van der Waals surface area (Å²) in [6.07, 6.45) is 0. The molecule has 10 heteroatoms. The van der Waals surface area contributed by atoms with Crippen LogP contribution >= 0.6 is 0 Å². The second-order valence-corrected chi connectivity index (χ2v) is 6.90. The van der Waals surface area contributed by atoms with Gasteiger partial charge in [0.15, 0.2) is 5.82 Å². The van der Waals surface area contributed by atoms with Gasteiger partial charge in [-0.2, -0.15) is 0 Å². The lowest BCUT2D eigenvalue weighted by Crippen LogP contribution is -2.36. The van der Waals surface area contributed by atoms with E-state index in [2.05, 4.69) is 5.18 Å². The van der Waals surface area contributed by atoms with Crippen LogP contribution in [0.25, 0.3) is 10.8 Å². The zero-order valence-corrected chi connectivity index (χ0v) is 15.7. The highest BCUT2D eigenvalue weighted by Gasteiger charge is 2.23. The van der Waals surface area contributed by atoms with Crippen LogP contribution in [0.1, 0.15) is 5.56 Å². The van der Waals surface area contributed by atoms with Crippen LogP contribution in [0.3, 0.4) is 0 Å². The molecule has 0 saturated heterocycles. The molecule has 0 heterocycles. The van der Waals surface area contributed by atoms with E-state index in [-0.39, 0.29) is 28.8 Å². The molecule has 0 aliphatic carbocycles. The number of fused-ring (bicyclic) bond motifs is 1. The number of amides is 1. The number of nitroso groups, excluding NO2 is 1. The van der Waals surface area contributed by atoms with Gasteiger partial charge in [0.05, 0.1) is 0 Å². The molecule has 2 N–H and O–H groups in total. The van der Waals surface area contributed by atoms with Crippen molar-refractivity contribution in [1.82, 2.24) is 0 Å². The van der Waals surface area contributed by atoms with Crippen molar-refractivity contribution in [2.75, 3.05) is 10.8 Å². The third kappa shape index (κ3) is 4.55. The van der Waals surface area contributed by atoms with E-state index >= 15 is 4.39 Å². The molecule has 8 nitrogen and oxygen atoms in total. The van der Waals surface area contributed by atoms with Crippen LogP contribution in [0.4, 0.5) is 15.8 Å². The van der Waals surface area contributed by atoms with Crippen molar-refractivity contribution in [3.8, 4) is 5.75 Å². The highest BCUT2D eigenvalue weighted by atomic mass is 32.2. The number of anilines is 1. The lowest BCUT2D eigenvalue weighted by Gasteiger charge is -2.28. The van der Waals surface area contributed by atoms with Crippen LogP contribution in [0.2, 0.25) is 0 Å². The van der Waals surface area contributed by atoms with Gasteiger partial charge in [-0.15, -0.1) is 4.91 Å². The number of carbonyl (C=O) groups is 1. The van der Waals surface area contributed by atoms with Crippen molar-refractivity contribution in [3.05, 3.63) is 70.9 Å². The molecule has 3 aromatic carbocycles. The summed E-state index contributed by atoms with van der Waals surface area (Å²) < 4.78 is 44.8. The van der Waals surface area contributed by atoms with E-state index < -0.39 is 35.2 Å². The van der Waals surface area contributed by atoms with Gasteiger partial charge < -0.3 is 15.0 Å². The monoisotopic (exact) mass is 416 g/mol. The summed E-state index contributed by atoms with van der Waals surface area (Å²) in [5.74, 6) is -2.04. The number of carbonyl (C=O) groups excluding carboxylic acids is 1. The molecule has 150 valence electrons. The smallest absolute Gasteiger partial charge is 0.238 e. The van der Waals surface area contributed by atoms with Crippen LogP contribution in [-0.4, -0.2) is 21.2 Å². The molecule has 0 fully saturated rings. The fourth-order valence-electron chi connectivity index (χ4n) is 2.80. The zero-order valence-electron chi connectivity index (χ0n) is 14.9. The summed E-state index contributed by atoms with van der Waals surface area (Å²) in [7, 11) is 0. The van der Waals surface area contributed by atoms with Crippen LogP contribution in [0.5, 0.6) is 5.75 Å². The Morgan fingerprint density at radius 2 is 1.93 bits per heavy atom. The van der Waals surface area contributed by atoms with Gasteiger partial charge in [-0.05, 0) is 40.4 Å². The number of ether oxygens (including phenoxy) is 1. The van der Waals surface area contributed by atoms with E-state index in [1.165, 1.54) is 24.3 Å². The molecule has 3 aromatic rings. The van der Waals surface area contributed by atoms with Crippen molar-refractivity contribution < 1.29 is 22.7 Å². The van der Waals surface area contributed by atoms with Crippen molar-refractivity contribution >= 4 is 39.3 Å². The molecule has 3 rings (SSSR count). The second-order valence-electron chi connectivity index (χ2n) is 6.03. The Kier molecular flexibility index (Phi) is 6.15. The van der Waals surface area contributed by atoms with Gasteiger partial charge in [-0.1, -0.05) is 30.3 Å². The van der Waals surface area contributed by atoms with Crippen LogP contribution in [-0.2, 0) is 22.7 Å². The Morgan fingerprint density at radius 3 is 2.55 bits per heavy atom. The second kappa shape index (κ2) is 8.76. The molecule has 1 unspecified atom stereocenters. The van der Waals surface area contributed by atoms with Gasteiger partial charge in [-0.3, -0.25) is 13.3 Å². The average Bonchev–Trinajstić information content (AvgIpc) is 2.71. The van der Waals surface area contributed by atoms with Gasteiger partial charge >= 0.3 is 0 Å². The molecule has 0 spiro atoms. The summed E-state index contributed by atoms with van der Waals surface area (Å²) in [6.45, 7) is -0.755. The molecule has 0 bridgehead atoms. The highest BCUT2D eigenvalue weighted by Crippen LogP contribution is 2.39. The molecule has 0 radical (unpaired) electrons. The molecule has 0 aromatic heterocycles. The van der Waals surface area contributed by atoms with Gasteiger partial charge in [-0.25, -0.2) is 4.39 Å². The highest BCUT2D eigenvalue weighted by molar-refractivity contribution is 7.80. The SMILES string of the molecule is NC(=O)CN(c1c(OCc2ccccc2)cc2cc(N=O)ccc2c1F)S(=O)[O-]. The Hall–Kier alpha value is -3.37. The quantitative estimate of drug-likeness (QED) is 0.446. The maximum absolute atomic E-state index is 15.3. The predicted molar refractivity (Wildman–Crippen MR) is 106 cm³/mol. The van der Waals surface area contributed by atoms with Gasteiger partial charge in [0.1, 0.15) is 30.3 Å². The first-order chi connectivity index (χ1) is 13.9. The number of primary amides is 1. The van der Waals surface area contributed by atoms with Gasteiger partial charge in [0.2, 0.25) is 5.91 Å². The number of nitrogens with two attached hydrogens (primary N) is 1. The van der Waals surface area contributed by atoms with Crippen molar-refractivity contribution in [2.24, 2.45) is 10.9 Å². The van der Waals surface area contributed by atoms with E-state index in [0.29, 0.717) is 4.31 Å². The molecule has 29 heavy (non-hydrogen) atoms. The zero-order chi connectivity index (χ0) is 21.0. The first-order valence-corrected chi connectivity index (χ1v) is 9.35. The van der Waals surface area contributed by atoms with Crippen molar-refractivity contribution in [3.63, 3.8) is 0 Å². The van der Waals surface area contributed by atoms with Crippen LogP contribution in [0.15, 0.2) is 59.8 Å². The molecular formula is C19H15FN3O5S-. The minimum atomic E-state index is -3.00. The molecule has 0 saturated carbocycles. The maximum Gasteiger partial charge on any atom is 0.238 e. The number of halogens is 1. The lowest BCUT2D eigenvalue weighted by molar-refractivity contribution is -0.116. The predicted octanol–water partition coefficient (Wildman–Crippen LogP) is 3.04. The van der Waals surface area contributed by atoms with Crippen LogP contribution < -0.4 is 14.8 Å². The Morgan fingerprint density at radius 1 is 1.21 bits per heavy atom. The minimum absolute atomic E-state index is 0.0142. The summed E-state index contributed by atoms with van der Waals surface area (Å²) in [5, 5.41) is 3.12. The number of hydrogen-bond donors (Lipinski definition) is 1. The molecular weight excluding hydrogens is 401 g/mol. The lowest BCUT2D eigenvalue weighted by atomic mass is 10.1. The summed E-state index contributed by atoms with van der Waals surface area (Å²) in [4.78, 5) is 22.1. The standard InChI is InChI=1S/C19H16FN3O5S/c20-18-15-7-6-14(22-25)8-13(15)9-16(28-11-12-4-2-1-3-5-12)19(18)23(29(26)27)10-17(21)24/h1-9H,10-11H2,(H2,21,24)(H,26,27)/p-1. The number of nitrogens with zero attached hydrogens (tertiary/aromatic N) is 2. The molecule has 1 atom stereocenters. The number of rotatable bonds is 8. The third-order valence-electron chi connectivity index (χ3n) is 4.07. The summed E-state index contributed by atoms with van der Waals surface area (Å²) >= 11 is -3.00. The van der Waals surface area contributed by atoms with E-state index in [1.807, 2.05) is 6.07 Å². The molecule has 0 aliphatic rings. The third-order valence-corrected chi connectivity index (χ3v) is 4.74. The van der Waals surface area contributed by atoms with Crippen molar-refractivity contribution in [2.45, 2.75) is 6.61 Å². The molecule has 1 amide bonds. The average molecular weight is 416 g/mol. The van der Waals surface area contributed by atoms with Crippen molar-refractivity contribution in [1.29, 1.82) is 0 Å². The topological polar surface area (TPSA) is 125 Å². The largest absolute Gasteiger partial charge is 0.755 e. The summed E-state index contributed by atoms with van der Waals surface area (Å²) in [6, 6.07) is 14.2. The van der Waals surface area contributed by atoms with E-state index in [1.54, 1.807) is 24.3 Å². The summed E-state index contributed by atoms with van der Waals surface area (Å²) in [5.41, 5.74) is 5.49. The van der Waals surface area contributed by atoms with E-state index in [4.69, 9.17) is 10.5 Å². The fourth-order valence-corrected chi connectivity index (χ4v) is 3.35. The van der Waals surface area contributed by atoms with Gasteiger partial charge in [0, 0.05) is 16.7 Å². The normalized spacial score (nSPS) is 11.8.